The van der Waals surface area contributed by atoms with Crippen LogP contribution in [0, 0.1) is 12.8 Å². The SMILES string of the molecule is CCC1CCC(N(C)CCC(O)c2ccc(C)cc2)CC1. The fourth-order valence-electron chi connectivity index (χ4n) is 3.46. The molecule has 2 rings (SSSR count). The monoisotopic (exact) mass is 289 g/mol. The molecule has 2 nitrogen and oxygen atoms in total. The van der Waals surface area contributed by atoms with Gasteiger partial charge in [0.05, 0.1) is 6.10 Å². The van der Waals surface area contributed by atoms with Gasteiger partial charge >= 0.3 is 0 Å². The average molecular weight is 289 g/mol. The van der Waals surface area contributed by atoms with Crippen molar-refractivity contribution in [2.24, 2.45) is 5.92 Å². The smallest absolute Gasteiger partial charge is 0.0802 e. The second-order valence-corrected chi connectivity index (χ2v) is 6.78. The predicted molar refractivity (Wildman–Crippen MR) is 89.4 cm³/mol. The Kier molecular flexibility index (Phi) is 6.25. The molecule has 1 unspecified atom stereocenters. The van der Waals surface area contributed by atoms with Crippen LogP contribution >= 0.6 is 0 Å². The number of aryl methyl sites for hydroxylation is 1. The van der Waals surface area contributed by atoms with Crippen molar-refractivity contribution < 1.29 is 5.11 Å². The molecule has 0 radical (unpaired) electrons. The van der Waals surface area contributed by atoms with Crippen LogP contribution in [0.25, 0.3) is 0 Å². The maximum absolute atomic E-state index is 10.3. The van der Waals surface area contributed by atoms with Crippen LogP contribution in [0.3, 0.4) is 0 Å². The Morgan fingerprint density at radius 3 is 2.33 bits per heavy atom. The van der Waals surface area contributed by atoms with Gasteiger partial charge in [-0.2, -0.15) is 0 Å². The number of aliphatic hydroxyl groups excluding tert-OH is 1. The van der Waals surface area contributed by atoms with E-state index in [1.54, 1.807) is 0 Å². The van der Waals surface area contributed by atoms with Gasteiger partial charge in [0, 0.05) is 12.6 Å². The van der Waals surface area contributed by atoms with Crippen LogP contribution in [0.4, 0.5) is 0 Å². The van der Waals surface area contributed by atoms with Gasteiger partial charge in [0.2, 0.25) is 0 Å². The zero-order chi connectivity index (χ0) is 15.2. The van der Waals surface area contributed by atoms with E-state index >= 15 is 0 Å². The Balaban J connectivity index is 1.76. The summed E-state index contributed by atoms with van der Waals surface area (Å²) in [6.07, 6.45) is 7.25. The maximum Gasteiger partial charge on any atom is 0.0802 e. The molecule has 1 atom stereocenters. The van der Waals surface area contributed by atoms with Crippen LogP contribution in [0.2, 0.25) is 0 Å². The molecule has 0 bridgehead atoms. The summed E-state index contributed by atoms with van der Waals surface area (Å²) in [6, 6.07) is 8.97. The summed E-state index contributed by atoms with van der Waals surface area (Å²) < 4.78 is 0. The Morgan fingerprint density at radius 2 is 1.76 bits per heavy atom. The van der Waals surface area contributed by atoms with E-state index in [1.165, 1.54) is 37.7 Å². The van der Waals surface area contributed by atoms with Crippen molar-refractivity contribution in [3.8, 4) is 0 Å². The number of aliphatic hydroxyl groups is 1. The largest absolute Gasteiger partial charge is 0.388 e. The molecule has 0 amide bonds. The van der Waals surface area contributed by atoms with Crippen molar-refractivity contribution in [3.05, 3.63) is 35.4 Å². The minimum absolute atomic E-state index is 0.333. The van der Waals surface area contributed by atoms with Gasteiger partial charge in [-0.1, -0.05) is 43.2 Å². The van der Waals surface area contributed by atoms with E-state index in [2.05, 4.69) is 37.9 Å². The molecule has 1 aromatic carbocycles. The molecule has 0 aromatic heterocycles. The van der Waals surface area contributed by atoms with Crippen LogP contribution < -0.4 is 0 Å². The fraction of sp³-hybridized carbons (Fsp3) is 0.684. The quantitative estimate of drug-likeness (QED) is 0.843. The average Bonchev–Trinajstić information content (AvgIpc) is 2.53. The maximum atomic E-state index is 10.3. The molecule has 0 aliphatic heterocycles. The van der Waals surface area contributed by atoms with Gasteiger partial charge in [-0.25, -0.2) is 0 Å². The summed E-state index contributed by atoms with van der Waals surface area (Å²) in [5.41, 5.74) is 2.29. The molecule has 1 aliphatic carbocycles. The van der Waals surface area contributed by atoms with Gasteiger partial charge in [0.1, 0.15) is 0 Å². The minimum atomic E-state index is -0.333. The second-order valence-electron chi connectivity index (χ2n) is 6.78. The summed E-state index contributed by atoms with van der Waals surface area (Å²) in [5.74, 6) is 0.952. The lowest BCUT2D eigenvalue weighted by molar-refractivity contribution is 0.117. The summed E-state index contributed by atoms with van der Waals surface area (Å²) >= 11 is 0. The van der Waals surface area contributed by atoms with Crippen LogP contribution in [-0.2, 0) is 0 Å². The summed E-state index contributed by atoms with van der Waals surface area (Å²) in [6.45, 7) is 5.37. The molecule has 118 valence electrons. The molecule has 1 fully saturated rings. The number of nitrogens with zero attached hydrogens (tertiary/aromatic N) is 1. The van der Waals surface area contributed by atoms with Crippen LogP contribution in [-0.4, -0.2) is 29.6 Å². The molecule has 1 saturated carbocycles. The molecular weight excluding hydrogens is 258 g/mol. The zero-order valence-corrected chi connectivity index (χ0v) is 13.9. The summed E-state index contributed by atoms with van der Waals surface area (Å²) in [5, 5.41) is 10.3. The van der Waals surface area contributed by atoms with Crippen LogP contribution in [0.1, 0.15) is 62.7 Å². The van der Waals surface area contributed by atoms with Gasteiger partial charge in [0.15, 0.2) is 0 Å². The number of benzene rings is 1. The Bertz CT molecular complexity index is 406. The number of hydrogen-bond acceptors (Lipinski definition) is 2. The van der Waals surface area contributed by atoms with Crippen molar-refractivity contribution in [1.82, 2.24) is 4.90 Å². The summed E-state index contributed by atoms with van der Waals surface area (Å²) in [4.78, 5) is 2.46. The number of hydrogen-bond donors (Lipinski definition) is 1. The third-order valence-electron chi connectivity index (χ3n) is 5.23. The molecule has 0 spiro atoms. The van der Waals surface area contributed by atoms with Gasteiger partial charge in [0.25, 0.3) is 0 Å². The molecule has 1 aliphatic rings. The third kappa shape index (κ3) is 4.82. The third-order valence-corrected chi connectivity index (χ3v) is 5.23. The Morgan fingerprint density at radius 1 is 1.14 bits per heavy atom. The van der Waals surface area contributed by atoms with Gasteiger partial charge in [-0.15, -0.1) is 0 Å². The van der Waals surface area contributed by atoms with Crippen molar-refractivity contribution >= 4 is 0 Å². The molecule has 21 heavy (non-hydrogen) atoms. The van der Waals surface area contributed by atoms with E-state index in [-0.39, 0.29) is 6.10 Å². The first-order valence-electron chi connectivity index (χ1n) is 8.55. The van der Waals surface area contributed by atoms with Crippen molar-refractivity contribution in [2.45, 2.75) is 64.5 Å². The van der Waals surface area contributed by atoms with Gasteiger partial charge < -0.3 is 10.0 Å². The van der Waals surface area contributed by atoms with E-state index in [9.17, 15) is 5.11 Å². The van der Waals surface area contributed by atoms with Crippen molar-refractivity contribution in [1.29, 1.82) is 0 Å². The highest BCUT2D eigenvalue weighted by molar-refractivity contribution is 5.23. The Hall–Kier alpha value is -0.860. The first-order chi connectivity index (χ1) is 10.1. The first-order valence-corrected chi connectivity index (χ1v) is 8.55. The topological polar surface area (TPSA) is 23.5 Å². The molecule has 1 N–H and O–H groups in total. The van der Waals surface area contributed by atoms with Crippen molar-refractivity contribution in [3.63, 3.8) is 0 Å². The normalized spacial score (nSPS) is 24.2. The van der Waals surface area contributed by atoms with E-state index < -0.39 is 0 Å². The van der Waals surface area contributed by atoms with E-state index in [1.807, 2.05) is 12.1 Å². The fourth-order valence-corrected chi connectivity index (χ4v) is 3.46. The highest BCUT2D eigenvalue weighted by atomic mass is 16.3. The molecule has 0 saturated heterocycles. The first kappa shape index (κ1) is 16.5. The van der Waals surface area contributed by atoms with Gasteiger partial charge in [-0.05, 0) is 57.6 Å². The second kappa shape index (κ2) is 7.95. The lowest BCUT2D eigenvalue weighted by atomic mass is 9.84. The van der Waals surface area contributed by atoms with Crippen LogP contribution in [0.5, 0.6) is 0 Å². The molecule has 0 heterocycles. The molecular formula is C19H31NO. The molecule has 1 aromatic rings. The number of rotatable bonds is 6. The highest BCUT2D eigenvalue weighted by Crippen LogP contribution is 2.29. The van der Waals surface area contributed by atoms with E-state index in [0.29, 0.717) is 0 Å². The van der Waals surface area contributed by atoms with Gasteiger partial charge in [-0.3, -0.25) is 0 Å². The lowest BCUT2D eigenvalue weighted by Gasteiger charge is -2.34. The Labute approximate surface area is 130 Å². The van der Waals surface area contributed by atoms with E-state index in [4.69, 9.17) is 0 Å². The predicted octanol–water partition coefficient (Wildman–Crippen LogP) is 4.32. The summed E-state index contributed by atoms with van der Waals surface area (Å²) in [7, 11) is 2.22. The lowest BCUT2D eigenvalue weighted by Crippen LogP contribution is -2.36. The van der Waals surface area contributed by atoms with E-state index in [0.717, 1.165) is 30.5 Å². The minimum Gasteiger partial charge on any atom is -0.388 e. The highest BCUT2D eigenvalue weighted by Gasteiger charge is 2.23. The molecule has 2 heteroatoms. The zero-order valence-electron chi connectivity index (χ0n) is 13.9. The van der Waals surface area contributed by atoms with Crippen molar-refractivity contribution in [2.75, 3.05) is 13.6 Å². The standard InChI is InChI=1S/C19H31NO/c1-4-16-7-11-18(12-8-16)20(3)14-13-19(21)17-9-5-15(2)6-10-17/h5-6,9-10,16,18-19,21H,4,7-8,11-14H2,1-3H3. The van der Waals surface area contributed by atoms with Crippen LogP contribution in [0.15, 0.2) is 24.3 Å².